The summed E-state index contributed by atoms with van der Waals surface area (Å²) in [5, 5.41) is 18.9. The third kappa shape index (κ3) is 2.70. The summed E-state index contributed by atoms with van der Waals surface area (Å²) in [6.45, 7) is 2.36. The van der Waals surface area contributed by atoms with Crippen LogP contribution in [0.3, 0.4) is 0 Å². The maximum Gasteiger partial charge on any atom is 0.266 e. The monoisotopic (exact) mass is 315 g/mol. The van der Waals surface area contributed by atoms with Crippen molar-refractivity contribution in [3.8, 4) is 11.5 Å². The number of phenols is 2. The molecule has 19 heavy (non-hydrogen) atoms. The van der Waals surface area contributed by atoms with Crippen molar-refractivity contribution in [1.82, 2.24) is 4.90 Å². The van der Waals surface area contributed by atoms with Crippen molar-refractivity contribution >= 4 is 51.9 Å². The molecule has 0 aliphatic carbocycles. The van der Waals surface area contributed by atoms with E-state index in [4.69, 9.17) is 23.8 Å². The van der Waals surface area contributed by atoms with Crippen molar-refractivity contribution in [2.24, 2.45) is 0 Å². The Morgan fingerprint density at radius 2 is 2.16 bits per heavy atom. The summed E-state index contributed by atoms with van der Waals surface area (Å²) in [4.78, 5) is 14.0. The van der Waals surface area contributed by atoms with Gasteiger partial charge in [0.2, 0.25) is 0 Å². The minimum Gasteiger partial charge on any atom is -0.504 e. The number of carbonyl (C=O) groups is 1. The lowest BCUT2D eigenvalue weighted by Gasteiger charge is -2.09. The second kappa shape index (κ2) is 5.40. The molecule has 7 heteroatoms. The van der Waals surface area contributed by atoms with E-state index in [1.165, 1.54) is 28.8 Å². The average Bonchev–Trinajstić information content (AvgIpc) is 2.61. The van der Waals surface area contributed by atoms with Gasteiger partial charge in [0.15, 0.2) is 11.5 Å². The van der Waals surface area contributed by atoms with Gasteiger partial charge in [0.05, 0.1) is 9.93 Å². The molecule has 0 bridgehead atoms. The number of carbonyl (C=O) groups excluding carboxylic acids is 1. The topological polar surface area (TPSA) is 60.8 Å². The van der Waals surface area contributed by atoms with E-state index in [1.807, 2.05) is 6.92 Å². The molecule has 0 radical (unpaired) electrons. The fraction of sp³-hybridized carbons (Fsp3) is 0.167. The molecule has 1 saturated heterocycles. The van der Waals surface area contributed by atoms with E-state index in [1.54, 1.807) is 6.08 Å². The molecule has 1 aromatic rings. The molecule has 1 aliphatic rings. The largest absolute Gasteiger partial charge is 0.504 e. The van der Waals surface area contributed by atoms with Crippen LogP contribution in [-0.2, 0) is 4.79 Å². The zero-order valence-corrected chi connectivity index (χ0v) is 12.3. The maximum absolute atomic E-state index is 12.0. The van der Waals surface area contributed by atoms with E-state index in [0.717, 1.165) is 0 Å². The van der Waals surface area contributed by atoms with Crippen LogP contribution >= 0.6 is 35.6 Å². The summed E-state index contributed by atoms with van der Waals surface area (Å²) in [6, 6.07) is 2.80. The van der Waals surface area contributed by atoms with Crippen LogP contribution in [0.5, 0.6) is 11.5 Å². The lowest BCUT2D eigenvalue weighted by molar-refractivity contribution is -0.121. The molecular formula is C12H10ClNO3S2. The second-order valence-corrected chi connectivity index (χ2v) is 5.88. The number of amides is 1. The molecule has 1 fully saturated rings. The molecule has 0 unspecified atom stereocenters. The molecule has 100 valence electrons. The van der Waals surface area contributed by atoms with Crippen molar-refractivity contribution in [1.29, 1.82) is 0 Å². The van der Waals surface area contributed by atoms with Gasteiger partial charge < -0.3 is 10.2 Å². The van der Waals surface area contributed by atoms with Crippen LogP contribution in [-0.4, -0.2) is 31.9 Å². The number of nitrogens with zero attached hydrogens (tertiary/aromatic N) is 1. The molecule has 1 aromatic carbocycles. The van der Waals surface area contributed by atoms with Crippen molar-refractivity contribution < 1.29 is 15.0 Å². The minimum absolute atomic E-state index is 0.0252. The summed E-state index contributed by atoms with van der Waals surface area (Å²) in [5.41, 5.74) is 0.525. The minimum atomic E-state index is -0.375. The molecule has 0 spiro atoms. The summed E-state index contributed by atoms with van der Waals surface area (Å²) in [6.07, 6.45) is 1.58. The molecule has 0 saturated carbocycles. The standard InChI is InChI=1S/C12H10ClNO3S2/c1-2-14-11(17)9(19-12(14)18)5-6-3-7(13)10(16)8(15)4-6/h3-5,15-16H,2H2,1H3/b9-5-. The van der Waals surface area contributed by atoms with Crippen LogP contribution in [0.4, 0.5) is 0 Å². The van der Waals surface area contributed by atoms with Gasteiger partial charge in [-0.05, 0) is 30.7 Å². The smallest absolute Gasteiger partial charge is 0.266 e. The molecule has 1 amide bonds. The zero-order valence-electron chi connectivity index (χ0n) is 9.88. The van der Waals surface area contributed by atoms with Crippen molar-refractivity contribution in [2.45, 2.75) is 6.92 Å². The van der Waals surface area contributed by atoms with E-state index in [2.05, 4.69) is 0 Å². The number of phenolic OH excluding ortho intramolecular Hbond substituents is 2. The van der Waals surface area contributed by atoms with E-state index in [9.17, 15) is 15.0 Å². The number of aromatic hydroxyl groups is 2. The SMILES string of the molecule is CCN1C(=O)/C(=C/c2cc(O)c(O)c(Cl)c2)SC1=S. The van der Waals surface area contributed by atoms with Gasteiger partial charge in [-0.1, -0.05) is 35.6 Å². The molecule has 4 nitrogen and oxygen atoms in total. The van der Waals surface area contributed by atoms with Gasteiger partial charge in [-0.3, -0.25) is 9.69 Å². The van der Waals surface area contributed by atoms with Crippen LogP contribution < -0.4 is 0 Å². The predicted octanol–water partition coefficient (Wildman–Crippen LogP) is 2.97. The molecule has 0 atom stereocenters. The Kier molecular flexibility index (Phi) is 4.03. The van der Waals surface area contributed by atoms with Gasteiger partial charge in [-0.15, -0.1) is 0 Å². The summed E-state index contributed by atoms with van der Waals surface area (Å²) < 4.78 is 0.507. The summed E-state index contributed by atoms with van der Waals surface area (Å²) in [5.74, 6) is -0.870. The lowest BCUT2D eigenvalue weighted by atomic mass is 10.2. The van der Waals surface area contributed by atoms with Crippen molar-refractivity contribution in [2.75, 3.05) is 6.54 Å². The highest BCUT2D eigenvalue weighted by molar-refractivity contribution is 8.26. The Morgan fingerprint density at radius 3 is 2.68 bits per heavy atom. The predicted molar refractivity (Wildman–Crippen MR) is 80.3 cm³/mol. The number of likely N-dealkylation sites (N-methyl/N-ethyl adjacent to an activating group) is 1. The number of thioether (sulfide) groups is 1. The first-order valence-electron chi connectivity index (χ1n) is 5.41. The van der Waals surface area contributed by atoms with Crippen LogP contribution in [0.1, 0.15) is 12.5 Å². The highest BCUT2D eigenvalue weighted by atomic mass is 35.5. The molecular weight excluding hydrogens is 306 g/mol. The van der Waals surface area contributed by atoms with Crippen LogP contribution in [0.2, 0.25) is 5.02 Å². The molecule has 1 heterocycles. The van der Waals surface area contributed by atoms with Gasteiger partial charge in [-0.25, -0.2) is 0 Å². The Labute approximate surface area is 124 Å². The van der Waals surface area contributed by atoms with Crippen LogP contribution in [0, 0.1) is 0 Å². The van der Waals surface area contributed by atoms with E-state index in [0.29, 0.717) is 21.3 Å². The van der Waals surface area contributed by atoms with Gasteiger partial charge in [0.1, 0.15) is 4.32 Å². The second-order valence-electron chi connectivity index (χ2n) is 3.80. The van der Waals surface area contributed by atoms with Crippen molar-refractivity contribution in [3.63, 3.8) is 0 Å². The lowest BCUT2D eigenvalue weighted by Crippen LogP contribution is -2.27. The third-order valence-corrected chi connectivity index (χ3v) is 4.22. The molecule has 2 rings (SSSR count). The first kappa shape index (κ1) is 14.2. The Balaban J connectivity index is 2.38. The van der Waals surface area contributed by atoms with Gasteiger partial charge >= 0.3 is 0 Å². The zero-order chi connectivity index (χ0) is 14.2. The molecule has 0 aromatic heterocycles. The first-order valence-corrected chi connectivity index (χ1v) is 7.01. The molecule has 1 aliphatic heterocycles. The number of hydrogen-bond acceptors (Lipinski definition) is 5. The Morgan fingerprint density at radius 1 is 1.47 bits per heavy atom. The van der Waals surface area contributed by atoms with Crippen molar-refractivity contribution in [3.05, 3.63) is 27.6 Å². The summed E-state index contributed by atoms with van der Waals surface area (Å²) in [7, 11) is 0. The van der Waals surface area contributed by atoms with Gasteiger partial charge in [0, 0.05) is 6.54 Å². The fourth-order valence-electron chi connectivity index (χ4n) is 1.61. The third-order valence-electron chi connectivity index (χ3n) is 2.55. The van der Waals surface area contributed by atoms with Crippen LogP contribution in [0.25, 0.3) is 6.08 Å². The average molecular weight is 316 g/mol. The highest BCUT2D eigenvalue weighted by Crippen LogP contribution is 2.37. The highest BCUT2D eigenvalue weighted by Gasteiger charge is 2.30. The normalized spacial score (nSPS) is 17.6. The fourth-order valence-corrected chi connectivity index (χ4v) is 3.22. The maximum atomic E-state index is 12.0. The Bertz CT molecular complexity index is 578. The number of rotatable bonds is 2. The summed E-state index contributed by atoms with van der Waals surface area (Å²) >= 11 is 12.1. The quantitative estimate of drug-likeness (QED) is 0.499. The number of thiocarbonyl (C=S) groups is 1. The number of hydrogen-bond donors (Lipinski definition) is 2. The van der Waals surface area contributed by atoms with E-state index >= 15 is 0 Å². The number of halogens is 1. The first-order chi connectivity index (χ1) is 8.93. The van der Waals surface area contributed by atoms with Crippen LogP contribution in [0.15, 0.2) is 17.0 Å². The van der Waals surface area contributed by atoms with Gasteiger partial charge in [0.25, 0.3) is 5.91 Å². The van der Waals surface area contributed by atoms with E-state index in [-0.39, 0.29) is 22.4 Å². The van der Waals surface area contributed by atoms with E-state index < -0.39 is 0 Å². The molecule has 2 N–H and O–H groups in total. The Hall–Kier alpha value is -1.24. The van der Waals surface area contributed by atoms with Gasteiger partial charge in [-0.2, -0.15) is 0 Å². The number of benzene rings is 1.